The van der Waals surface area contributed by atoms with Crippen molar-refractivity contribution >= 4 is 5.91 Å². The number of rotatable bonds is 3. The van der Waals surface area contributed by atoms with E-state index in [-0.39, 0.29) is 18.0 Å². The molecular formula is C13H18F3N3O2. The van der Waals surface area contributed by atoms with Gasteiger partial charge in [-0.3, -0.25) is 4.79 Å². The summed E-state index contributed by atoms with van der Waals surface area (Å²) in [5, 5.41) is 9.14. The highest BCUT2D eigenvalue weighted by Crippen LogP contribution is 2.32. The number of likely N-dealkylation sites (N-methyl/N-ethyl adjacent to an activating group) is 1. The summed E-state index contributed by atoms with van der Waals surface area (Å²) in [6, 6.07) is 1.18. The fourth-order valence-electron chi connectivity index (χ4n) is 2.22. The van der Waals surface area contributed by atoms with Gasteiger partial charge in [-0.2, -0.15) is 13.2 Å². The molecule has 2 heterocycles. The van der Waals surface area contributed by atoms with Crippen molar-refractivity contribution in [1.82, 2.24) is 14.4 Å². The van der Waals surface area contributed by atoms with Gasteiger partial charge >= 0.3 is 6.18 Å². The lowest BCUT2D eigenvalue weighted by Crippen LogP contribution is -2.48. The number of nitrogens with zero attached hydrogens (tertiary/aromatic N) is 3. The highest BCUT2D eigenvalue weighted by atomic mass is 19.4. The molecule has 1 atom stereocenters. The van der Waals surface area contributed by atoms with Crippen molar-refractivity contribution in [3.63, 3.8) is 0 Å². The van der Waals surface area contributed by atoms with Crippen LogP contribution in [0.15, 0.2) is 18.5 Å². The van der Waals surface area contributed by atoms with Crippen LogP contribution in [0, 0.1) is 0 Å². The normalized spacial score (nSPS) is 18.8. The molecule has 5 nitrogen and oxygen atoms in total. The molecule has 21 heavy (non-hydrogen) atoms. The summed E-state index contributed by atoms with van der Waals surface area (Å²) >= 11 is 0. The van der Waals surface area contributed by atoms with E-state index < -0.39 is 12.3 Å². The summed E-state index contributed by atoms with van der Waals surface area (Å²) in [6.45, 7) is 2.79. The number of aromatic nitrogens is 1. The molecule has 0 aliphatic carbocycles. The van der Waals surface area contributed by atoms with Gasteiger partial charge in [-0.15, -0.1) is 0 Å². The molecule has 1 aromatic heterocycles. The van der Waals surface area contributed by atoms with Gasteiger partial charge in [0.1, 0.15) is 6.54 Å². The van der Waals surface area contributed by atoms with Crippen molar-refractivity contribution in [2.75, 3.05) is 33.2 Å². The van der Waals surface area contributed by atoms with Crippen LogP contribution in [0.5, 0.6) is 0 Å². The molecule has 1 unspecified atom stereocenters. The number of alkyl halides is 3. The first kappa shape index (κ1) is 15.8. The van der Waals surface area contributed by atoms with E-state index in [4.69, 9.17) is 5.11 Å². The van der Waals surface area contributed by atoms with Gasteiger partial charge in [-0.1, -0.05) is 0 Å². The van der Waals surface area contributed by atoms with E-state index in [9.17, 15) is 18.0 Å². The maximum Gasteiger partial charge on any atom is 0.418 e. The average Bonchev–Trinajstić information content (AvgIpc) is 2.85. The molecule has 0 aromatic carbocycles. The summed E-state index contributed by atoms with van der Waals surface area (Å²) in [7, 11) is 1.97. The van der Waals surface area contributed by atoms with Crippen LogP contribution in [0.1, 0.15) is 11.7 Å². The first-order valence-corrected chi connectivity index (χ1v) is 6.64. The molecule has 2 rings (SSSR count). The maximum absolute atomic E-state index is 12.4. The van der Waals surface area contributed by atoms with E-state index in [0.717, 1.165) is 19.3 Å². The van der Waals surface area contributed by atoms with Gasteiger partial charge in [0.25, 0.3) is 0 Å². The van der Waals surface area contributed by atoms with E-state index in [1.54, 1.807) is 4.90 Å². The second-order valence-corrected chi connectivity index (χ2v) is 5.25. The topological polar surface area (TPSA) is 48.7 Å². The van der Waals surface area contributed by atoms with Gasteiger partial charge < -0.3 is 19.5 Å². The fourth-order valence-corrected chi connectivity index (χ4v) is 2.22. The number of aliphatic hydroxyl groups is 1. The minimum absolute atomic E-state index is 0.0196. The molecule has 0 spiro atoms. The quantitative estimate of drug-likeness (QED) is 0.901. The third-order valence-corrected chi connectivity index (χ3v) is 3.57. The molecule has 1 amide bonds. The van der Waals surface area contributed by atoms with Crippen LogP contribution in [-0.2, 0) is 11.3 Å². The molecular weight excluding hydrogens is 287 g/mol. The second kappa shape index (κ2) is 6.07. The van der Waals surface area contributed by atoms with Gasteiger partial charge in [0.15, 0.2) is 6.10 Å². The molecule has 1 aliphatic rings. The predicted molar refractivity (Wildman–Crippen MR) is 69.5 cm³/mol. The van der Waals surface area contributed by atoms with Crippen molar-refractivity contribution in [3.8, 4) is 0 Å². The van der Waals surface area contributed by atoms with E-state index >= 15 is 0 Å². The Balaban J connectivity index is 1.95. The molecule has 0 saturated carbocycles. The van der Waals surface area contributed by atoms with Crippen LogP contribution >= 0.6 is 0 Å². The van der Waals surface area contributed by atoms with Crippen LogP contribution in [0.25, 0.3) is 0 Å². The molecule has 0 radical (unpaired) electrons. The second-order valence-electron chi connectivity index (χ2n) is 5.25. The molecule has 118 valence electrons. The monoisotopic (exact) mass is 305 g/mol. The number of aliphatic hydroxyl groups excluding tert-OH is 1. The Kier molecular flexibility index (Phi) is 4.58. The Bertz CT molecular complexity index is 493. The fraction of sp³-hybridized carbons (Fsp3) is 0.615. The Labute approximate surface area is 120 Å². The minimum Gasteiger partial charge on any atom is -0.379 e. The van der Waals surface area contributed by atoms with E-state index in [1.807, 2.05) is 7.05 Å². The van der Waals surface area contributed by atoms with E-state index in [2.05, 4.69) is 4.90 Å². The third-order valence-electron chi connectivity index (χ3n) is 3.57. The maximum atomic E-state index is 12.4. The Morgan fingerprint density at radius 1 is 1.33 bits per heavy atom. The smallest absolute Gasteiger partial charge is 0.379 e. The van der Waals surface area contributed by atoms with Crippen molar-refractivity contribution in [2.24, 2.45) is 0 Å². The summed E-state index contributed by atoms with van der Waals surface area (Å²) in [5.41, 5.74) is -0.256. The van der Waals surface area contributed by atoms with Crippen LogP contribution in [0.2, 0.25) is 0 Å². The predicted octanol–water partition coefficient (Wildman–Crippen LogP) is 0.858. The lowest BCUT2D eigenvalue weighted by Gasteiger charge is -2.32. The van der Waals surface area contributed by atoms with Crippen molar-refractivity contribution in [2.45, 2.75) is 18.8 Å². The molecule has 1 saturated heterocycles. The van der Waals surface area contributed by atoms with Gasteiger partial charge in [-0.05, 0) is 13.1 Å². The van der Waals surface area contributed by atoms with Gasteiger partial charge in [-0.25, -0.2) is 0 Å². The number of carbonyl (C=O) groups is 1. The Hall–Kier alpha value is -1.54. The summed E-state index contributed by atoms with van der Waals surface area (Å²) in [5.74, 6) is -0.133. The van der Waals surface area contributed by atoms with Crippen molar-refractivity contribution < 1.29 is 23.1 Å². The zero-order valence-electron chi connectivity index (χ0n) is 11.7. The van der Waals surface area contributed by atoms with E-state index in [1.165, 1.54) is 16.8 Å². The minimum atomic E-state index is -4.70. The summed E-state index contributed by atoms with van der Waals surface area (Å²) < 4.78 is 38.6. The molecule has 8 heteroatoms. The van der Waals surface area contributed by atoms with Crippen LogP contribution in [0.3, 0.4) is 0 Å². The van der Waals surface area contributed by atoms with Crippen molar-refractivity contribution in [1.29, 1.82) is 0 Å². The number of hydrogen-bond acceptors (Lipinski definition) is 3. The number of hydrogen-bond donors (Lipinski definition) is 1. The standard InChI is InChI=1S/C13H18F3N3O2/c1-17-4-6-19(7-5-17)11(20)9-18-3-2-10(8-18)12(21)13(14,15)16/h2-3,8,12,21H,4-7,9H2,1H3. The molecule has 1 aliphatic heterocycles. The zero-order chi connectivity index (χ0) is 15.6. The van der Waals surface area contributed by atoms with Crippen LogP contribution in [0.4, 0.5) is 13.2 Å². The van der Waals surface area contributed by atoms with Gasteiger partial charge in [0.05, 0.1) is 0 Å². The van der Waals surface area contributed by atoms with Gasteiger partial charge in [0.2, 0.25) is 5.91 Å². The van der Waals surface area contributed by atoms with Crippen LogP contribution < -0.4 is 0 Å². The SMILES string of the molecule is CN1CCN(C(=O)Cn2ccc(C(O)C(F)(F)F)c2)CC1. The number of halogens is 3. The van der Waals surface area contributed by atoms with Crippen LogP contribution in [-0.4, -0.2) is 64.8 Å². The Morgan fingerprint density at radius 2 is 1.95 bits per heavy atom. The highest BCUT2D eigenvalue weighted by Gasteiger charge is 2.39. The third kappa shape index (κ3) is 3.98. The molecule has 1 aromatic rings. The lowest BCUT2D eigenvalue weighted by molar-refractivity contribution is -0.206. The van der Waals surface area contributed by atoms with Gasteiger partial charge in [0, 0.05) is 44.1 Å². The highest BCUT2D eigenvalue weighted by molar-refractivity contribution is 5.76. The summed E-state index contributed by atoms with van der Waals surface area (Å²) in [4.78, 5) is 15.9. The number of amides is 1. The summed E-state index contributed by atoms with van der Waals surface area (Å²) in [6.07, 6.45) is -4.68. The molecule has 0 bridgehead atoms. The molecule has 1 fully saturated rings. The van der Waals surface area contributed by atoms with E-state index in [0.29, 0.717) is 13.1 Å². The number of carbonyl (C=O) groups excluding carboxylic acids is 1. The first-order valence-electron chi connectivity index (χ1n) is 6.64. The molecule has 1 N–H and O–H groups in total. The lowest BCUT2D eigenvalue weighted by atomic mass is 10.2. The zero-order valence-corrected chi connectivity index (χ0v) is 11.7. The average molecular weight is 305 g/mol. The van der Waals surface area contributed by atoms with Crippen molar-refractivity contribution in [3.05, 3.63) is 24.0 Å². The number of piperazine rings is 1. The largest absolute Gasteiger partial charge is 0.418 e. The first-order chi connectivity index (χ1) is 9.77. The Morgan fingerprint density at radius 3 is 2.52 bits per heavy atom.